The van der Waals surface area contributed by atoms with Crippen LogP contribution in [0.1, 0.15) is 62.0 Å². The highest BCUT2D eigenvalue weighted by Crippen LogP contribution is 2.37. The van der Waals surface area contributed by atoms with Crippen LogP contribution in [-0.2, 0) is 24.9 Å². The maximum Gasteiger partial charge on any atom is 0.495 e. The number of rotatable bonds is 6. The van der Waals surface area contributed by atoms with E-state index < -0.39 is 34.0 Å². The standard InChI is InChI=1S/C23H26BFO5S/c1-22(2)23(3,4)30-24(29-22)20-13-15(14-31(27,28)18-10-11-18)5-12-19(20)21(26)16-6-8-17(25)9-7-16/h5-9,12-13,18H,10-11,14H2,1-4H3. The lowest BCUT2D eigenvalue weighted by Gasteiger charge is -2.32. The third kappa shape index (κ3) is 4.34. The van der Waals surface area contributed by atoms with Gasteiger partial charge in [0.05, 0.1) is 22.2 Å². The maximum atomic E-state index is 13.3. The Morgan fingerprint density at radius 2 is 1.61 bits per heavy atom. The first-order chi connectivity index (χ1) is 14.4. The van der Waals surface area contributed by atoms with Crippen molar-refractivity contribution in [2.24, 2.45) is 0 Å². The third-order valence-corrected chi connectivity index (χ3v) is 8.60. The van der Waals surface area contributed by atoms with Crippen molar-refractivity contribution < 1.29 is 26.9 Å². The highest BCUT2D eigenvalue weighted by molar-refractivity contribution is 7.91. The van der Waals surface area contributed by atoms with Crippen molar-refractivity contribution in [3.8, 4) is 0 Å². The van der Waals surface area contributed by atoms with Gasteiger partial charge in [-0.05, 0) is 75.8 Å². The summed E-state index contributed by atoms with van der Waals surface area (Å²) in [7, 11) is -4.05. The van der Waals surface area contributed by atoms with Gasteiger partial charge in [-0.3, -0.25) is 4.79 Å². The average Bonchev–Trinajstić information content (AvgIpc) is 3.50. The van der Waals surface area contributed by atoms with E-state index >= 15 is 0 Å². The second kappa shape index (κ2) is 7.54. The van der Waals surface area contributed by atoms with Gasteiger partial charge in [-0.1, -0.05) is 18.2 Å². The lowest BCUT2D eigenvalue weighted by Crippen LogP contribution is -2.41. The smallest absolute Gasteiger partial charge is 0.399 e. The van der Waals surface area contributed by atoms with Crippen molar-refractivity contribution in [3.63, 3.8) is 0 Å². The van der Waals surface area contributed by atoms with Crippen molar-refractivity contribution in [2.75, 3.05) is 0 Å². The molecule has 164 valence electrons. The van der Waals surface area contributed by atoms with E-state index in [1.54, 1.807) is 18.2 Å². The van der Waals surface area contributed by atoms with Crippen LogP contribution in [-0.4, -0.2) is 37.8 Å². The van der Waals surface area contributed by atoms with Crippen LogP contribution in [0.2, 0.25) is 0 Å². The predicted octanol–water partition coefficient (Wildman–Crippen LogP) is 3.43. The summed E-state index contributed by atoms with van der Waals surface area (Å²) in [6.07, 6.45) is 1.40. The second-order valence-corrected chi connectivity index (χ2v) is 11.6. The van der Waals surface area contributed by atoms with Gasteiger partial charge in [-0.25, -0.2) is 12.8 Å². The molecule has 0 N–H and O–H groups in total. The summed E-state index contributed by atoms with van der Waals surface area (Å²) in [5, 5.41) is -0.270. The lowest BCUT2D eigenvalue weighted by molar-refractivity contribution is 0.00578. The minimum absolute atomic E-state index is 0.0881. The van der Waals surface area contributed by atoms with Gasteiger partial charge in [-0.2, -0.15) is 0 Å². The average molecular weight is 444 g/mol. The molecule has 0 unspecified atom stereocenters. The van der Waals surface area contributed by atoms with Crippen molar-refractivity contribution >= 4 is 28.2 Å². The summed E-state index contributed by atoms with van der Waals surface area (Å²) >= 11 is 0. The molecule has 0 amide bonds. The molecule has 2 aliphatic rings. The Morgan fingerprint density at radius 3 is 2.16 bits per heavy atom. The van der Waals surface area contributed by atoms with E-state index in [4.69, 9.17) is 9.31 Å². The summed E-state index contributed by atoms with van der Waals surface area (Å²) < 4.78 is 50.7. The van der Waals surface area contributed by atoms with E-state index in [0.29, 0.717) is 35.0 Å². The maximum absolute atomic E-state index is 13.3. The molecule has 1 saturated heterocycles. The van der Waals surface area contributed by atoms with Crippen LogP contribution in [0.3, 0.4) is 0 Å². The number of ketones is 1. The molecule has 2 fully saturated rings. The van der Waals surface area contributed by atoms with Crippen LogP contribution in [0.5, 0.6) is 0 Å². The molecular formula is C23H26BFO5S. The molecule has 0 spiro atoms. The fourth-order valence-electron chi connectivity index (χ4n) is 3.61. The number of benzene rings is 2. The van der Waals surface area contributed by atoms with Gasteiger partial charge in [0.2, 0.25) is 0 Å². The Labute approximate surface area is 183 Å². The molecule has 1 heterocycles. The van der Waals surface area contributed by atoms with E-state index in [2.05, 4.69) is 0 Å². The molecule has 0 bridgehead atoms. The number of carbonyl (C=O) groups excluding carboxylic acids is 1. The molecule has 5 nitrogen and oxygen atoms in total. The van der Waals surface area contributed by atoms with Crippen molar-refractivity contribution in [3.05, 3.63) is 65.0 Å². The van der Waals surface area contributed by atoms with Gasteiger partial charge in [0.25, 0.3) is 0 Å². The van der Waals surface area contributed by atoms with E-state index in [0.717, 1.165) is 0 Å². The molecule has 2 aromatic rings. The predicted molar refractivity (Wildman–Crippen MR) is 118 cm³/mol. The summed E-state index contributed by atoms with van der Waals surface area (Å²) in [6.45, 7) is 7.65. The molecule has 8 heteroatoms. The molecule has 4 rings (SSSR count). The van der Waals surface area contributed by atoms with Gasteiger partial charge < -0.3 is 9.31 Å². The van der Waals surface area contributed by atoms with E-state index in [9.17, 15) is 17.6 Å². The van der Waals surface area contributed by atoms with Crippen molar-refractivity contribution in [1.29, 1.82) is 0 Å². The van der Waals surface area contributed by atoms with Gasteiger partial charge in [0.15, 0.2) is 15.6 Å². The van der Waals surface area contributed by atoms with Crippen molar-refractivity contribution in [1.82, 2.24) is 0 Å². The Morgan fingerprint density at radius 1 is 1.03 bits per heavy atom. The van der Waals surface area contributed by atoms with Crippen LogP contribution >= 0.6 is 0 Å². The van der Waals surface area contributed by atoms with Gasteiger partial charge in [0.1, 0.15) is 5.82 Å². The molecule has 0 radical (unpaired) electrons. The molecule has 1 aliphatic heterocycles. The summed E-state index contributed by atoms with van der Waals surface area (Å²) in [5.74, 6) is -0.820. The van der Waals surface area contributed by atoms with E-state index in [-0.39, 0.29) is 16.8 Å². The zero-order valence-electron chi connectivity index (χ0n) is 18.1. The van der Waals surface area contributed by atoms with Crippen LogP contribution in [0.4, 0.5) is 4.39 Å². The van der Waals surface area contributed by atoms with E-state index in [1.165, 1.54) is 24.3 Å². The highest BCUT2D eigenvalue weighted by Gasteiger charge is 2.52. The molecule has 0 aromatic heterocycles. The number of hydrogen-bond acceptors (Lipinski definition) is 5. The Balaban J connectivity index is 1.75. The molecule has 31 heavy (non-hydrogen) atoms. The fraction of sp³-hybridized carbons (Fsp3) is 0.435. The van der Waals surface area contributed by atoms with Crippen LogP contribution in [0.15, 0.2) is 42.5 Å². The minimum atomic E-state index is -3.22. The number of halogens is 1. The van der Waals surface area contributed by atoms with Crippen LogP contribution in [0, 0.1) is 5.82 Å². The third-order valence-electron chi connectivity index (χ3n) is 6.37. The van der Waals surface area contributed by atoms with Crippen molar-refractivity contribution in [2.45, 2.75) is 62.7 Å². The molecule has 2 aromatic carbocycles. The second-order valence-electron chi connectivity index (χ2n) is 9.35. The Kier molecular flexibility index (Phi) is 5.39. The first-order valence-corrected chi connectivity index (χ1v) is 12.1. The zero-order chi connectivity index (χ0) is 22.6. The monoisotopic (exact) mass is 444 g/mol. The molecule has 1 saturated carbocycles. The summed E-state index contributed by atoms with van der Waals surface area (Å²) in [5.41, 5.74) is 0.507. The number of carbonyl (C=O) groups is 1. The lowest BCUT2D eigenvalue weighted by atomic mass is 9.73. The summed E-state index contributed by atoms with van der Waals surface area (Å²) in [4.78, 5) is 13.2. The first-order valence-electron chi connectivity index (χ1n) is 10.4. The number of hydrogen-bond donors (Lipinski definition) is 0. The van der Waals surface area contributed by atoms with E-state index in [1.807, 2.05) is 27.7 Å². The topological polar surface area (TPSA) is 69.7 Å². The van der Waals surface area contributed by atoms with Crippen LogP contribution in [0.25, 0.3) is 0 Å². The van der Waals surface area contributed by atoms with Gasteiger partial charge in [0, 0.05) is 11.1 Å². The highest BCUT2D eigenvalue weighted by atomic mass is 32.2. The molecular weight excluding hydrogens is 418 g/mol. The Bertz CT molecular complexity index is 1110. The van der Waals surface area contributed by atoms with Gasteiger partial charge in [-0.15, -0.1) is 0 Å². The van der Waals surface area contributed by atoms with Gasteiger partial charge >= 0.3 is 7.12 Å². The first kappa shape index (κ1) is 22.2. The normalized spacial score (nSPS) is 20.1. The molecule has 1 aliphatic carbocycles. The fourth-order valence-corrected chi connectivity index (χ4v) is 5.34. The quantitative estimate of drug-likeness (QED) is 0.505. The summed E-state index contributed by atoms with van der Waals surface area (Å²) in [6, 6.07) is 10.3. The number of sulfone groups is 1. The van der Waals surface area contributed by atoms with Crippen LogP contribution < -0.4 is 5.46 Å². The Hall–Kier alpha value is -2.03. The minimum Gasteiger partial charge on any atom is -0.399 e. The SMILES string of the molecule is CC1(C)OB(c2cc(CS(=O)(=O)C3CC3)ccc2C(=O)c2ccc(F)cc2)OC1(C)C. The largest absolute Gasteiger partial charge is 0.495 e. The molecule has 0 atom stereocenters. The zero-order valence-corrected chi connectivity index (χ0v) is 19.0.